The summed E-state index contributed by atoms with van der Waals surface area (Å²) in [6.45, 7) is 0.334. The molecule has 1 heterocycles. The highest BCUT2D eigenvalue weighted by Gasteiger charge is 2.04. The van der Waals surface area contributed by atoms with Crippen molar-refractivity contribution in [2.75, 3.05) is 5.43 Å². The number of halogens is 2. The van der Waals surface area contributed by atoms with Gasteiger partial charge in [-0.15, -0.1) is 0 Å². The fraction of sp³-hybridized carbons (Fsp3) is 0.100. The van der Waals surface area contributed by atoms with E-state index in [4.69, 9.17) is 10.6 Å². The second-order valence-corrected chi connectivity index (χ2v) is 5.11. The molecule has 0 saturated heterocycles. The third-order valence-corrected chi connectivity index (χ3v) is 3.49. The van der Waals surface area contributed by atoms with Crippen molar-refractivity contribution in [1.29, 1.82) is 0 Å². The summed E-state index contributed by atoms with van der Waals surface area (Å²) in [4.78, 5) is 4.90. The fourth-order valence-electron chi connectivity index (χ4n) is 1.16. The lowest BCUT2D eigenvalue weighted by atomic mass is 10.3. The fourth-order valence-corrected chi connectivity index (χ4v) is 2.04. The topological polar surface area (TPSA) is 60.2 Å². The first-order valence-corrected chi connectivity index (χ1v) is 6.29. The minimum Gasteiger partial charge on any atom is -0.488 e. The summed E-state index contributed by atoms with van der Waals surface area (Å²) < 4.78 is 19.0. The van der Waals surface area contributed by atoms with Crippen molar-refractivity contribution < 1.29 is 9.13 Å². The summed E-state index contributed by atoms with van der Waals surface area (Å²) in [7, 11) is 0. The van der Waals surface area contributed by atoms with E-state index in [9.17, 15) is 4.39 Å². The van der Waals surface area contributed by atoms with Crippen LogP contribution in [0.25, 0.3) is 0 Å². The minimum absolute atomic E-state index is 0.334. The Hall–Kier alpha value is -1.18. The number of anilines is 1. The third kappa shape index (κ3) is 3.15. The van der Waals surface area contributed by atoms with Crippen molar-refractivity contribution in [1.82, 2.24) is 4.98 Å². The molecule has 7 heteroatoms. The third-order valence-electron chi connectivity index (χ3n) is 1.95. The number of nitrogens with one attached hydrogen (secondary N) is 1. The zero-order valence-electron chi connectivity index (χ0n) is 8.61. The maximum Gasteiger partial charge on any atom is 0.197 e. The Bertz CT molecular complexity index is 520. The van der Waals surface area contributed by atoms with Crippen LogP contribution in [0.4, 0.5) is 9.52 Å². The van der Waals surface area contributed by atoms with Crippen molar-refractivity contribution in [3.05, 3.63) is 39.6 Å². The molecule has 0 fully saturated rings. The molecule has 0 aliphatic rings. The van der Waals surface area contributed by atoms with Gasteiger partial charge in [0.25, 0.3) is 0 Å². The standard InChI is InChI=1S/C10H9BrFN3OS/c11-8-2-1-6(3-9(8)12)16-5-7-4-14-10(15-13)17-7/h1-4H,5,13H2,(H,14,15). The number of rotatable bonds is 4. The highest BCUT2D eigenvalue weighted by Crippen LogP contribution is 2.23. The summed E-state index contributed by atoms with van der Waals surface area (Å²) >= 11 is 4.46. The molecule has 0 atom stereocenters. The van der Waals surface area contributed by atoms with Crippen LogP contribution in [0, 0.1) is 5.82 Å². The number of nitrogens with two attached hydrogens (primary N) is 1. The quantitative estimate of drug-likeness (QED) is 0.672. The number of ether oxygens (including phenoxy) is 1. The molecule has 1 aromatic heterocycles. The van der Waals surface area contributed by atoms with Gasteiger partial charge in [-0.1, -0.05) is 11.3 Å². The van der Waals surface area contributed by atoms with Crippen molar-refractivity contribution in [2.24, 2.45) is 5.84 Å². The molecule has 0 saturated carbocycles. The van der Waals surface area contributed by atoms with Crippen LogP contribution in [0.2, 0.25) is 0 Å². The van der Waals surface area contributed by atoms with Crippen LogP contribution in [0.5, 0.6) is 5.75 Å². The Morgan fingerprint density at radius 3 is 3.00 bits per heavy atom. The molecule has 4 nitrogen and oxygen atoms in total. The largest absolute Gasteiger partial charge is 0.488 e. The summed E-state index contributed by atoms with van der Waals surface area (Å²) in [5, 5.41) is 0.616. The molecular weight excluding hydrogens is 309 g/mol. The van der Waals surface area contributed by atoms with Gasteiger partial charge in [0.05, 0.1) is 9.35 Å². The van der Waals surface area contributed by atoms with Gasteiger partial charge in [0.15, 0.2) is 5.13 Å². The van der Waals surface area contributed by atoms with Crippen LogP contribution in [0.3, 0.4) is 0 Å². The Balaban J connectivity index is 1.99. The number of nitrogen functional groups attached to an aromatic ring is 1. The summed E-state index contributed by atoms with van der Waals surface area (Å²) in [6, 6.07) is 4.62. The normalized spacial score (nSPS) is 10.3. The zero-order chi connectivity index (χ0) is 12.3. The molecule has 2 aromatic rings. The van der Waals surface area contributed by atoms with Crippen molar-refractivity contribution >= 4 is 32.4 Å². The molecule has 0 bridgehead atoms. The Labute approximate surface area is 110 Å². The van der Waals surface area contributed by atoms with E-state index in [0.29, 0.717) is 22.0 Å². The number of hydrogen-bond acceptors (Lipinski definition) is 5. The average molecular weight is 318 g/mol. The SMILES string of the molecule is NNc1ncc(COc2ccc(Br)c(F)c2)s1. The molecule has 3 N–H and O–H groups in total. The van der Waals surface area contributed by atoms with E-state index in [-0.39, 0.29) is 5.82 Å². The lowest BCUT2D eigenvalue weighted by molar-refractivity contribution is 0.308. The van der Waals surface area contributed by atoms with Gasteiger partial charge < -0.3 is 4.74 Å². The Morgan fingerprint density at radius 1 is 1.53 bits per heavy atom. The van der Waals surface area contributed by atoms with Crippen LogP contribution in [0.1, 0.15) is 4.88 Å². The molecule has 2 rings (SSSR count). The van der Waals surface area contributed by atoms with E-state index in [1.807, 2.05) is 0 Å². The van der Waals surface area contributed by atoms with Crippen LogP contribution in [-0.2, 0) is 6.61 Å². The summed E-state index contributed by atoms with van der Waals surface area (Å²) in [5.74, 6) is 5.33. The predicted molar refractivity (Wildman–Crippen MR) is 68.4 cm³/mol. The Kier molecular flexibility index (Phi) is 3.93. The molecule has 0 aliphatic carbocycles. The highest BCUT2D eigenvalue weighted by molar-refractivity contribution is 9.10. The van der Waals surface area contributed by atoms with Gasteiger partial charge >= 0.3 is 0 Å². The van der Waals surface area contributed by atoms with E-state index < -0.39 is 0 Å². The number of benzene rings is 1. The second-order valence-electron chi connectivity index (χ2n) is 3.14. The van der Waals surface area contributed by atoms with E-state index in [1.165, 1.54) is 17.4 Å². The van der Waals surface area contributed by atoms with E-state index >= 15 is 0 Å². The van der Waals surface area contributed by atoms with Gasteiger partial charge in [0.1, 0.15) is 18.2 Å². The van der Waals surface area contributed by atoms with Crippen LogP contribution < -0.4 is 16.0 Å². The zero-order valence-corrected chi connectivity index (χ0v) is 11.0. The highest BCUT2D eigenvalue weighted by atomic mass is 79.9. The number of thiazole rings is 1. The van der Waals surface area contributed by atoms with E-state index in [0.717, 1.165) is 4.88 Å². The molecule has 0 spiro atoms. The van der Waals surface area contributed by atoms with Crippen molar-refractivity contribution in [3.8, 4) is 5.75 Å². The molecule has 17 heavy (non-hydrogen) atoms. The molecule has 0 aliphatic heterocycles. The number of nitrogens with zero attached hydrogens (tertiary/aromatic N) is 1. The number of hydrogen-bond donors (Lipinski definition) is 2. The van der Waals surface area contributed by atoms with Crippen LogP contribution >= 0.6 is 27.3 Å². The van der Waals surface area contributed by atoms with Crippen molar-refractivity contribution in [3.63, 3.8) is 0 Å². The molecule has 0 amide bonds. The molecule has 0 radical (unpaired) electrons. The molecular formula is C10H9BrFN3OS. The van der Waals surface area contributed by atoms with Crippen LogP contribution in [0.15, 0.2) is 28.9 Å². The van der Waals surface area contributed by atoms with Gasteiger partial charge in [-0.3, -0.25) is 5.43 Å². The van der Waals surface area contributed by atoms with Crippen LogP contribution in [-0.4, -0.2) is 4.98 Å². The molecule has 0 unspecified atom stereocenters. The first-order valence-electron chi connectivity index (χ1n) is 4.68. The van der Waals surface area contributed by atoms with E-state index in [1.54, 1.807) is 18.3 Å². The van der Waals surface area contributed by atoms with Gasteiger partial charge in [-0.2, -0.15) is 0 Å². The maximum absolute atomic E-state index is 13.2. The Morgan fingerprint density at radius 2 is 2.35 bits per heavy atom. The lowest BCUT2D eigenvalue weighted by Crippen LogP contribution is -2.05. The summed E-state index contributed by atoms with van der Waals surface area (Å²) in [6.07, 6.45) is 1.66. The average Bonchev–Trinajstić information content (AvgIpc) is 2.79. The van der Waals surface area contributed by atoms with Gasteiger partial charge in [-0.05, 0) is 28.1 Å². The van der Waals surface area contributed by atoms with Crippen molar-refractivity contribution in [2.45, 2.75) is 6.61 Å². The van der Waals surface area contributed by atoms with Gasteiger partial charge in [0, 0.05) is 12.3 Å². The maximum atomic E-state index is 13.2. The molecule has 90 valence electrons. The van der Waals surface area contributed by atoms with Gasteiger partial charge in [-0.25, -0.2) is 15.2 Å². The van der Waals surface area contributed by atoms with Gasteiger partial charge in [0.2, 0.25) is 0 Å². The minimum atomic E-state index is -0.351. The lowest BCUT2D eigenvalue weighted by Gasteiger charge is -2.04. The molecule has 1 aromatic carbocycles. The first-order chi connectivity index (χ1) is 8.19. The first kappa shape index (κ1) is 12.3. The van der Waals surface area contributed by atoms with E-state index in [2.05, 4.69) is 26.3 Å². The number of hydrazine groups is 1. The predicted octanol–water partition coefficient (Wildman–Crippen LogP) is 2.91. The monoisotopic (exact) mass is 317 g/mol. The summed E-state index contributed by atoms with van der Waals surface area (Å²) in [5.41, 5.74) is 2.45. The number of aromatic nitrogens is 1. The second kappa shape index (κ2) is 5.44. The smallest absolute Gasteiger partial charge is 0.197 e.